The van der Waals surface area contributed by atoms with Crippen LogP contribution >= 0.6 is 11.6 Å². The lowest BCUT2D eigenvalue weighted by Gasteiger charge is -2.17. The van der Waals surface area contributed by atoms with Crippen molar-refractivity contribution in [2.75, 3.05) is 6.54 Å². The number of hydrogen-bond acceptors (Lipinski definition) is 1. The minimum Gasteiger partial charge on any atom is -0.314 e. The Morgan fingerprint density at radius 1 is 1.21 bits per heavy atom. The number of aryl methyl sites for hydroxylation is 1. The van der Waals surface area contributed by atoms with E-state index in [-0.39, 0.29) is 10.8 Å². The van der Waals surface area contributed by atoms with Crippen LogP contribution in [0, 0.1) is 5.82 Å². The summed E-state index contributed by atoms with van der Waals surface area (Å²) in [5.74, 6) is -0.312. The Labute approximate surface area is 121 Å². The molecule has 1 aromatic carbocycles. The van der Waals surface area contributed by atoms with Crippen LogP contribution in [-0.4, -0.2) is 12.6 Å². The molecule has 0 saturated heterocycles. The molecule has 0 aromatic heterocycles. The number of rotatable bonds is 9. The van der Waals surface area contributed by atoms with E-state index in [1.54, 1.807) is 6.07 Å². The first-order valence-corrected chi connectivity index (χ1v) is 7.73. The largest absolute Gasteiger partial charge is 0.314 e. The summed E-state index contributed by atoms with van der Waals surface area (Å²) in [5, 5.41) is 3.86. The average molecular weight is 286 g/mol. The van der Waals surface area contributed by atoms with Crippen molar-refractivity contribution >= 4 is 11.6 Å². The molecule has 0 amide bonds. The molecule has 1 rings (SSSR count). The first-order chi connectivity index (χ1) is 9.19. The van der Waals surface area contributed by atoms with Crippen molar-refractivity contribution < 1.29 is 4.39 Å². The van der Waals surface area contributed by atoms with Crippen LogP contribution in [-0.2, 0) is 6.42 Å². The van der Waals surface area contributed by atoms with Gasteiger partial charge in [-0.05, 0) is 50.3 Å². The number of benzene rings is 1. The Morgan fingerprint density at radius 3 is 2.68 bits per heavy atom. The topological polar surface area (TPSA) is 12.0 Å². The Morgan fingerprint density at radius 2 is 2.00 bits per heavy atom. The van der Waals surface area contributed by atoms with E-state index in [4.69, 9.17) is 11.6 Å². The molecule has 1 aromatic rings. The monoisotopic (exact) mass is 285 g/mol. The van der Waals surface area contributed by atoms with Gasteiger partial charge in [-0.2, -0.15) is 0 Å². The fourth-order valence-electron chi connectivity index (χ4n) is 2.33. The summed E-state index contributed by atoms with van der Waals surface area (Å²) in [6.45, 7) is 5.47. The molecule has 0 fully saturated rings. The highest BCUT2D eigenvalue weighted by atomic mass is 35.5. The van der Waals surface area contributed by atoms with E-state index in [0.29, 0.717) is 6.04 Å². The minimum atomic E-state index is -0.312. The van der Waals surface area contributed by atoms with Crippen LogP contribution in [0.25, 0.3) is 0 Å². The summed E-state index contributed by atoms with van der Waals surface area (Å²) >= 11 is 5.96. The molecule has 0 spiro atoms. The third kappa shape index (κ3) is 5.92. The molecule has 108 valence electrons. The molecule has 1 N–H and O–H groups in total. The van der Waals surface area contributed by atoms with Gasteiger partial charge < -0.3 is 5.32 Å². The third-order valence-corrected chi connectivity index (χ3v) is 3.77. The predicted molar refractivity (Wildman–Crippen MR) is 81.3 cm³/mol. The van der Waals surface area contributed by atoms with Crippen molar-refractivity contribution in [2.24, 2.45) is 0 Å². The number of hydrogen-bond donors (Lipinski definition) is 1. The quantitative estimate of drug-likeness (QED) is 0.675. The Hall–Kier alpha value is -0.600. The molecule has 0 saturated carbocycles. The minimum absolute atomic E-state index is 0.288. The van der Waals surface area contributed by atoms with Gasteiger partial charge in [-0.15, -0.1) is 0 Å². The summed E-state index contributed by atoms with van der Waals surface area (Å²) in [6, 6.07) is 5.64. The van der Waals surface area contributed by atoms with Crippen molar-refractivity contribution in [3.63, 3.8) is 0 Å². The first kappa shape index (κ1) is 16.5. The van der Waals surface area contributed by atoms with E-state index in [0.717, 1.165) is 37.8 Å². The summed E-state index contributed by atoms with van der Waals surface area (Å²) < 4.78 is 13.3. The summed E-state index contributed by atoms with van der Waals surface area (Å²) in [6.07, 6.45) is 6.59. The summed E-state index contributed by atoms with van der Waals surface area (Å²) in [4.78, 5) is 0. The maximum Gasteiger partial charge on any atom is 0.142 e. The van der Waals surface area contributed by atoms with Gasteiger partial charge in [0.05, 0.1) is 5.02 Å². The van der Waals surface area contributed by atoms with Crippen molar-refractivity contribution in [1.82, 2.24) is 5.32 Å². The van der Waals surface area contributed by atoms with Gasteiger partial charge in [0.1, 0.15) is 5.82 Å². The van der Waals surface area contributed by atoms with Crippen LogP contribution in [0.5, 0.6) is 0 Å². The molecular formula is C16H25ClFN. The van der Waals surface area contributed by atoms with Gasteiger partial charge in [-0.25, -0.2) is 4.39 Å². The highest BCUT2D eigenvalue weighted by molar-refractivity contribution is 6.31. The lowest BCUT2D eigenvalue weighted by Crippen LogP contribution is -2.29. The Bertz CT molecular complexity index is 368. The third-order valence-electron chi connectivity index (χ3n) is 3.35. The smallest absolute Gasteiger partial charge is 0.142 e. The van der Waals surface area contributed by atoms with E-state index in [1.807, 2.05) is 6.07 Å². The maximum atomic E-state index is 13.3. The van der Waals surface area contributed by atoms with E-state index in [2.05, 4.69) is 19.2 Å². The fraction of sp³-hybridized carbons (Fsp3) is 0.625. The second-order valence-corrected chi connectivity index (χ2v) is 5.42. The SMILES string of the molecule is CCCNC(CCC)CCCc1cccc(F)c1Cl. The van der Waals surface area contributed by atoms with Crippen LogP contribution in [0.3, 0.4) is 0 Å². The van der Waals surface area contributed by atoms with Gasteiger partial charge in [0.25, 0.3) is 0 Å². The van der Waals surface area contributed by atoms with Crippen LogP contribution in [0.1, 0.15) is 51.5 Å². The van der Waals surface area contributed by atoms with E-state index in [9.17, 15) is 4.39 Å². The number of halogens is 2. The predicted octanol–water partition coefficient (Wildman–Crippen LogP) is 4.97. The molecule has 0 bridgehead atoms. The standard InChI is InChI=1S/C16H25ClFN/c1-3-7-14(19-12-4-2)10-5-8-13-9-6-11-15(18)16(13)17/h6,9,11,14,19H,3-5,7-8,10,12H2,1-2H3. The maximum absolute atomic E-state index is 13.3. The molecule has 19 heavy (non-hydrogen) atoms. The molecule has 0 radical (unpaired) electrons. The molecule has 0 aliphatic carbocycles. The van der Waals surface area contributed by atoms with Gasteiger partial charge >= 0.3 is 0 Å². The number of nitrogens with one attached hydrogen (secondary N) is 1. The zero-order chi connectivity index (χ0) is 14.1. The molecule has 0 aliphatic heterocycles. The highest BCUT2D eigenvalue weighted by Crippen LogP contribution is 2.21. The lowest BCUT2D eigenvalue weighted by atomic mass is 10.0. The van der Waals surface area contributed by atoms with Gasteiger partial charge in [0.2, 0.25) is 0 Å². The first-order valence-electron chi connectivity index (χ1n) is 7.35. The molecule has 1 atom stereocenters. The summed E-state index contributed by atoms with van der Waals surface area (Å²) in [7, 11) is 0. The molecular weight excluding hydrogens is 261 g/mol. The average Bonchev–Trinajstić information content (AvgIpc) is 2.40. The molecule has 0 heterocycles. The van der Waals surface area contributed by atoms with E-state index < -0.39 is 0 Å². The van der Waals surface area contributed by atoms with E-state index in [1.165, 1.54) is 18.9 Å². The highest BCUT2D eigenvalue weighted by Gasteiger charge is 2.09. The van der Waals surface area contributed by atoms with Crippen LogP contribution in [0.4, 0.5) is 4.39 Å². The lowest BCUT2D eigenvalue weighted by molar-refractivity contribution is 0.437. The van der Waals surface area contributed by atoms with E-state index >= 15 is 0 Å². The van der Waals surface area contributed by atoms with Crippen molar-refractivity contribution in [1.29, 1.82) is 0 Å². The van der Waals surface area contributed by atoms with Crippen LogP contribution in [0.15, 0.2) is 18.2 Å². The van der Waals surface area contributed by atoms with Crippen molar-refractivity contribution in [3.05, 3.63) is 34.6 Å². The Balaban J connectivity index is 2.40. The van der Waals surface area contributed by atoms with Gasteiger partial charge in [0.15, 0.2) is 0 Å². The second-order valence-electron chi connectivity index (χ2n) is 5.04. The zero-order valence-corrected chi connectivity index (χ0v) is 12.8. The molecule has 1 nitrogen and oxygen atoms in total. The molecule has 0 aliphatic rings. The van der Waals surface area contributed by atoms with Crippen LogP contribution < -0.4 is 5.32 Å². The fourth-order valence-corrected chi connectivity index (χ4v) is 2.55. The molecule has 1 unspecified atom stereocenters. The van der Waals surface area contributed by atoms with Crippen LogP contribution in [0.2, 0.25) is 5.02 Å². The van der Waals surface area contributed by atoms with Gasteiger partial charge in [0, 0.05) is 6.04 Å². The normalized spacial score (nSPS) is 12.6. The van der Waals surface area contributed by atoms with Gasteiger partial charge in [-0.3, -0.25) is 0 Å². The van der Waals surface area contributed by atoms with Crippen molar-refractivity contribution in [2.45, 2.75) is 58.4 Å². The second kappa shape index (κ2) is 9.33. The summed E-state index contributed by atoms with van der Waals surface area (Å²) in [5.41, 5.74) is 0.924. The molecule has 3 heteroatoms. The van der Waals surface area contributed by atoms with Crippen molar-refractivity contribution in [3.8, 4) is 0 Å². The van der Waals surface area contributed by atoms with Gasteiger partial charge in [-0.1, -0.05) is 44.0 Å². The zero-order valence-electron chi connectivity index (χ0n) is 12.0. The Kier molecular flexibility index (Phi) is 8.08.